The van der Waals surface area contributed by atoms with Crippen molar-refractivity contribution in [3.63, 3.8) is 0 Å². The van der Waals surface area contributed by atoms with E-state index < -0.39 is 0 Å². The average molecular weight is 433 g/mol. The van der Waals surface area contributed by atoms with E-state index in [1.165, 1.54) is 34.1 Å². The minimum Gasteiger partial charge on any atom is -0.383 e. The highest BCUT2D eigenvalue weighted by Gasteiger charge is 2.09. The van der Waals surface area contributed by atoms with Gasteiger partial charge in [-0.05, 0) is 68.1 Å². The maximum atomic E-state index is 5.12. The molecule has 2 aromatic carbocycles. The molecule has 138 valence electrons. The third-order valence-corrected chi connectivity index (χ3v) is 5.92. The largest absolute Gasteiger partial charge is 0.383 e. The van der Waals surface area contributed by atoms with Crippen LogP contribution in [0.15, 0.2) is 46.9 Å². The number of hydrogen-bond acceptors (Lipinski definition) is 4. The third kappa shape index (κ3) is 5.13. The Hall–Kier alpha value is -1.27. The number of aryl methyl sites for hydroxylation is 1. The lowest BCUT2D eigenvalue weighted by molar-refractivity contribution is 0.160. The highest BCUT2D eigenvalue weighted by molar-refractivity contribution is 9.10. The number of fused-ring (bicyclic) bond motifs is 1. The molecule has 26 heavy (non-hydrogen) atoms. The molecule has 0 aliphatic heterocycles. The average Bonchev–Trinajstić information content (AvgIpc) is 3.07. The van der Waals surface area contributed by atoms with Gasteiger partial charge >= 0.3 is 0 Å². The molecule has 3 rings (SSSR count). The van der Waals surface area contributed by atoms with Crippen molar-refractivity contribution in [3.8, 4) is 11.3 Å². The molecule has 0 saturated carbocycles. The molecular formula is C21H25BrN2OS. The minimum atomic E-state index is 0.805. The van der Waals surface area contributed by atoms with Crippen molar-refractivity contribution in [1.82, 2.24) is 9.27 Å². The maximum absolute atomic E-state index is 5.12. The standard InChI is InChI=1S/C21H25BrN2OS/c1-24(13-14-25-2)12-4-3-5-16-6-11-19-20(15-16)26-23-21(19)17-7-9-18(22)10-8-17/h6-11,15H,3-5,12-14H2,1-2H3. The number of hydrogen-bond donors (Lipinski definition) is 0. The molecule has 0 saturated heterocycles. The van der Waals surface area contributed by atoms with Crippen LogP contribution in [0.4, 0.5) is 0 Å². The second-order valence-electron chi connectivity index (χ2n) is 6.62. The number of likely N-dealkylation sites (N-methyl/N-ethyl adjacent to an activating group) is 1. The molecule has 0 N–H and O–H groups in total. The second kappa shape index (κ2) is 9.60. The molecule has 1 aromatic heterocycles. The molecule has 5 heteroatoms. The van der Waals surface area contributed by atoms with Gasteiger partial charge in [-0.25, -0.2) is 0 Å². The van der Waals surface area contributed by atoms with Crippen LogP contribution in [-0.2, 0) is 11.2 Å². The van der Waals surface area contributed by atoms with Gasteiger partial charge in [-0.1, -0.05) is 40.2 Å². The molecule has 0 amide bonds. The third-order valence-electron chi connectivity index (χ3n) is 4.59. The predicted molar refractivity (Wildman–Crippen MR) is 115 cm³/mol. The van der Waals surface area contributed by atoms with E-state index in [0.29, 0.717) is 0 Å². The Morgan fingerprint density at radius 3 is 2.65 bits per heavy atom. The van der Waals surface area contributed by atoms with Crippen molar-refractivity contribution in [2.45, 2.75) is 19.3 Å². The number of aromatic nitrogens is 1. The van der Waals surface area contributed by atoms with Gasteiger partial charge in [0.2, 0.25) is 0 Å². The topological polar surface area (TPSA) is 25.4 Å². The van der Waals surface area contributed by atoms with Crippen molar-refractivity contribution < 1.29 is 4.74 Å². The van der Waals surface area contributed by atoms with E-state index in [1.54, 1.807) is 18.6 Å². The summed E-state index contributed by atoms with van der Waals surface area (Å²) in [5.41, 5.74) is 3.66. The van der Waals surface area contributed by atoms with Gasteiger partial charge in [-0.15, -0.1) is 0 Å². The van der Waals surface area contributed by atoms with Gasteiger partial charge in [-0.2, -0.15) is 4.37 Å². The zero-order valence-electron chi connectivity index (χ0n) is 15.4. The SMILES string of the molecule is COCCN(C)CCCCc1ccc2c(-c3ccc(Br)cc3)nsc2c1. The number of nitrogens with zero attached hydrogens (tertiary/aromatic N) is 2. The smallest absolute Gasteiger partial charge is 0.0919 e. The number of methoxy groups -OCH3 is 1. The van der Waals surface area contributed by atoms with Crippen LogP contribution in [0.3, 0.4) is 0 Å². The maximum Gasteiger partial charge on any atom is 0.0919 e. The van der Waals surface area contributed by atoms with Crippen LogP contribution in [0.5, 0.6) is 0 Å². The van der Waals surface area contributed by atoms with Crippen molar-refractivity contribution in [2.24, 2.45) is 0 Å². The van der Waals surface area contributed by atoms with Crippen LogP contribution in [0, 0.1) is 0 Å². The number of halogens is 1. The van der Waals surface area contributed by atoms with Crippen LogP contribution < -0.4 is 0 Å². The fourth-order valence-electron chi connectivity index (χ4n) is 3.02. The van der Waals surface area contributed by atoms with Crippen molar-refractivity contribution >= 4 is 37.5 Å². The lowest BCUT2D eigenvalue weighted by Crippen LogP contribution is -2.23. The summed E-state index contributed by atoms with van der Waals surface area (Å²) in [6, 6.07) is 15.2. The first-order valence-corrected chi connectivity index (χ1v) is 10.6. The molecule has 3 aromatic rings. The molecule has 0 aliphatic rings. The summed E-state index contributed by atoms with van der Waals surface area (Å²) in [5.74, 6) is 0. The molecule has 0 aliphatic carbocycles. The van der Waals surface area contributed by atoms with Crippen LogP contribution >= 0.6 is 27.5 Å². The number of rotatable bonds is 9. The molecule has 0 unspecified atom stereocenters. The Morgan fingerprint density at radius 2 is 1.88 bits per heavy atom. The summed E-state index contributed by atoms with van der Waals surface area (Å²) >= 11 is 5.09. The Bertz CT molecular complexity index is 832. The predicted octanol–water partition coefficient (Wildman–Crippen LogP) is 5.63. The van der Waals surface area contributed by atoms with Gasteiger partial charge in [0.05, 0.1) is 17.0 Å². The van der Waals surface area contributed by atoms with Gasteiger partial charge in [0.25, 0.3) is 0 Å². The van der Waals surface area contributed by atoms with E-state index in [-0.39, 0.29) is 0 Å². The summed E-state index contributed by atoms with van der Waals surface area (Å²) in [6.07, 6.45) is 3.55. The summed E-state index contributed by atoms with van der Waals surface area (Å²) in [5, 5.41) is 1.25. The van der Waals surface area contributed by atoms with Crippen LogP contribution in [0.2, 0.25) is 0 Å². The molecule has 0 fully saturated rings. The summed E-state index contributed by atoms with van der Waals surface area (Å²) in [6.45, 7) is 2.93. The van der Waals surface area contributed by atoms with Gasteiger partial charge < -0.3 is 9.64 Å². The zero-order valence-corrected chi connectivity index (χ0v) is 17.8. The second-order valence-corrected chi connectivity index (χ2v) is 8.34. The fraction of sp³-hybridized carbons (Fsp3) is 0.381. The van der Waals surface area contributed by atoms with E-state index >= 15 is 0 Å². The van der Waals surface area contributed by atoms with Crippen molar-refractivity contribution in [3.05, 3.63) is 52.5 Å². The van der Waals surface area contributed by atoms with E-state index in [2.05, 4.69) is 70.3 Å². The summed E-state index contributed by atoms with van der Waals surface area (Å²) in [7, 11) is 3.91. The summed E-state index contributed by atoms with van der Waals surface area (Å²) < 4.78 is 12.2. The van der Waals surface area contributed by atoms with Crippen molar-refractivity contribution in [2.75, 3.05) is 33.9 Å². The van der Waals surface area contributed by atoms with E-state index in [1.807, 2.05) is 0 Å². The molecule has 0 bridgehead atoms. The Labute approximate surface area is 168 Å². The van der Waals surface area contributed by atoms with Gasteiger partial charge in [-0.3, -0.25) is 0 Å². The Morgan fingerprint density at radius 1 is 1.08 bits per heavy atom. The quantitative estimate of drug-likeness (QED) is 0.409. The zero-order chi connectivity index (χ0) is 18.4. The fourth-order valence-corrected chi connectivity index (χ4v) is 4.15. The molecule has 0 spiro atoms. The summed E-state index contributed by atoms with van der Waals surface area (Å²) in [4.78, 5) is 2.33. The van der Waals surface area contributed by atoms with Crippen molar-refractivity contribution in [1.29, 1.82) is 0 Å². The van der Waals surface area contributed by atoms with E-state index in [0.717, 1.165) is 36.3 Å². The van der Waals surface area contributed by atoms with Gasteiger partial charge in [0, 0.05) is 29.1 Å². The van der Waals surface area contributed by atoms with Crippen LogP contribution in [0.1, 0.15) is 18.4 Å². The Balaban J connectivity index is 1.59. The van der Waals surface area contributed by atoms with Crippen LogP contribution in [-0.4, -0.2) is 43.1 Å². The molecule has 1 heterocycles. The van der Waals surface area contributed by atoms with Gasteiger partial charge in [0.1, 0.15) is 0 Å². The van der Waals surface area contributed by atoms with Crippen LogP contribution in [0.25, 0.3) is 21.3 Å². The first kappa shape index (κ1) is 19.5. The first-order valence-electron chi connectivity index (χ1n) is 8.99. The van der Waals surface area contributed by atoms with E-state index in [9.17, 15) is 0 Å². The normalized spacial score (nSPS) is 11.5. The highest BCUT2D eigenvalue weighted by Crippen LogP contribution is 2.32. The lowest BCUT2D eigenvalue weighted by atomic mass is 10.0. The Kier molecular flexibility index (Phi) is 7.20. The highest BCUT2D eigenvalue weighted by atomic mass is 79.9. The number of benzene rings is 2. The number of ether oxygens (including phenoxy) is 1. The lowest BCUT2D eigenvalue weighted by Gasteiger charge is -2.15. The molecular weight excluding hydrogens is 408 g/mol. The molecule has 3 nitrogen and oxygen atoms in total. The number of unbranched alkanes of at least 4 members (excludes halogenated alkanes) is 1. The van der Waals surface area contributed by atoms with Gasteiger partial charge in [0.15, 0.2) is 0 Å². The molecule has 0 atom stereocenters. The van der Waals surface area contributed by atoms with E-state index in [4.69, 9.17) is 9.11 Å². The minimum absolute atomic E-state index is 0.805. The first-order chi connectivity index (χ1) is 12.7. The molecule has 0 radical (unpaired) electrons. The monoisotopic (exact) mass is 432 g/mol.